The molecule has 0 saturated carbocycles. The Hall–Kier alpha value is 2.36. The van der Waals surface area contributed by atoms with E-state index in [0.717, 1.165) is 0 Å². The fraction of sp³-hybridized carbons (Fsp3) is 0. The maximum Gasteiger partial charge on any atom is 3.00 e. The first kappa shape index (κ1) is 36.0. The van der Waals surface area contributed by atoms with Gasteiger partial charge in [-0.1, -0.05) is 0 Å². The number of rotatable bonds is 0. The second-order valence-electron chi connectivity index (χ2n) is 0.252. The van der Waals surface area contributed by atoms with Crippen molar-refractivity contribution in [3.05, 3.63) is 0 Å². The van der Waals surface area contributed by atoms with Crippen molar-refractivity contribution in [2.24, 2.45) is 0 Å². The van der Waals surface area contributed by atoms with Crippen molar-refractivity contribution in [2.45, 2.75) is 0 Å². The van der Waals surface area contributed by atoms with Crippen molar-refractivity contribution >= 4 is 0 Å². The smallest absolute Gasteiger partial charge is 0.544 e. The molecule has 14 heavy (non-hydrogen) atoms. The molecule has 0 bridgehead atoms. The molecule has 0 aromatic heterocycles. The SMILES string of the molecule is [Fe+3].[Na+].[O-][Cl+][O-].[O-][Cl+][O-].[O-][Cl+][O-].[O-][Cl+][O-]. The van der Waals surface area contributed by atoms with Gasteiger partial charge >= 0.3 is 46.6 Å². The molecule has 0 unspecified atom stereocenters. The fourth-order valence-corrected chi connectivity index (χ4v) is 0. The van der Waals surface area contributed by atoms with Crippen LogP contribution in [0.5, 0.6) is 0 Å². The van der Waals surface area contributed by atoms with E-state index in [1.165, 1.54) is 0 Å². The molecule has 0 N–H and O–H groups in total. The average molecular weight is 349 g/mol. The molecule has 0 heterocycles. The molecule has 0 aliphatic rings. The van der Waals surface area contributed by atoms with Gasteiger partial charge in [-0.05, 0) is 0 Å². The van der Waals surface area contributed by atoms with Crippen molar-refractivity contribution in [3.63, 3.8) is 0 Å². The van der Waals surface area contributed by atoms with Crippen molar-refractivity contribution < 1.29 is 129 Å². The zero-order valence-corrected chi connectivity index (χ0v) is 12.3. The summed E-state index contributed by atoms with van der Waals surface area (Å²) >= 11 is -1.67. The summed E-state index contributed by atoms with van der Waals surface area (Å²) < 4.78 is 65.9. The summed E-state index contributed by atoms with van der Waals surface area (Å²) in [6.45, 7) is 0. The largest absolute Gasteiger partial charge is 3.00 e. The van der Waals surface area contributed by atoms with E-state index in [1.807, 2.05) is 0 Å². The van der Waals surface area contributed by atoms with Crippen LogP contribution in [0.3, 0.4) is 0 Å². The van der Waals surface area contributed by atoms with Gasteiger partial charge in [0, 0.05) is 0 Å². The van der Waals surface area contributed by atoms with E-state index < -0.39 is 45.3 Å². The predicted molar refractivity (Wildman–Crippen MR) is 0 cm³/mol. The molecule has 0 aromatic carbocycles. The van der Waals surface area contributed by atoms with Crippen molar-refractivity contribution in [1.29, 1.82) is 0 Å². The van der Waals surface area contributed by atoms with Crippen LogP contribution in [-0.4, -0.2) is 0 Å². The standard InChI is InChI=1S/4ClO2.Fe.Na/c4*2-1-3;;/q4*-1;+3;+1. The Morgan fingerprint density at radius 3 is 0.429 bits per heavy atom. The molecule has 14 heteroatoms. The van der Waals surface area contributed by atoms with Crippen LogP contribution in [0.25, 0.3) is 0 Å². The van der Waals surface area contributed by atoms with Crippen LogP contribution < -0.4 is 66.8 Å². The van der Waals surface area contributed by atoms with Crippen molar-refractivity contribution in [1.82, 2.24) is 0 Å². The molecule has 0 amide bonds. The van der Waals surface area contributed by atoms with Gasteiger partial charge in [-0.15, -0.1) is 0 Å². The van der Waals surface area contributed by atoms with Crippen molar-refractivity contribution in [3.8, 4) is 0 Å². The van der Waals surface area contributed by atoms with Gasteiger partial charge in [-0.2, -0.15) is 0 Å². The van der Waals surface area contributed by atoms with Gasteiger partial charge in [0.15, 0.2) is 0 Å². The van der Waals surface area contributed by atoms with Crippen LogP contribution in [0.15, 0.2) is 0 Å². The molecule has 0 spiro atoms. The molecule has 0 fully saturated rings. The van der Waals surface area contributed by atoms with Gasteiger partial charge in [0.2, 0.25) is 0 Å². The van der Waals surface area contributed by atoms with Crippen LogP contribution >= 0.6 is 0 Å². The minimum absolute atomic E-state index is 0. The normalized spacial score (nSPS) is 5.14. The summed E-state index contributed by atoms with van der Waals surface area (Å²) in [7, 11) is 0. The summed E-state index contributed by atoms with van der Waals surface area (Å²) in [6, 6.07) is 0. The molecular weight excluding hydrogens is 349 g/mol. The summed E-state index contributed by atoms with van der Waals surface area (Å²) in [6.07, 6.45) is 0. The van der Waals surface area contributed by atoms with E-state index in [9.17, 15) is 0 Å². The summed E-state index contributed by atoms with van der Waals surface area (Å²) in [5.74, 6) is 0. The molecule has 85 valence electrons. The monoisotopic (exact) mass is 347 g/mol. The van der Waals surface area contributed by atoms with Gasteiger partial charge in [-0.25, -0.2) is 0 Å². The molecule has 1 radical (unpaired) electrons. The Kier molecular flexibility index (Phi) is 201. The first-order valence-electron chi connectivity index (χ1n) is 1.23. The predicted octanol–water partition coefficient (Wildman–Crippen LogP) is -12.5. The Morgan fingerprint density at radius 2 is 0.429 bits per heavy atom. The van der Waals surface area contributed by atoms with Gasteiger partial charge in [0.05, 0.1) is 45.3 Å². The topological polar surface area (TPSA) is 184 Å². The molecule has 0 aliphatic heterocycles. The van der Waals surface area contributed by atoms with Crippen LogP contribution in [-0.2, 0) is 17.1 Å². The quantitative estimate of drug-likeness (QED) is 0.386. The van der Waals surface area contributed by atoms with Crippen LogP contribution in [0.4, 0.5) is 0 Å². The zero-order valence-electron chi connectivity index (χ0n) is 6.13. The first-order valence-corrected chi connectivity index (χ1v) is 3.70. The number of hydrogen-bond donors (Lipinski definition) is 0. The first-order chi connectivity index (χ1) is 5.66. The average Bonchev–Trinajstić information content (AvgIpc) is 1.92. The molecule has 0 rings (SSSR count). The molecule has 0 saturated heterocycles. The molecule has 0 aromatic rings. The van der Waals surface area contributed by atoms with Crippen LogP contribution in [0.2, 0.25) is 0 Å². The maximum absolute atomic E-state index is 8.24. The summed E-state index contributed by atoms with van der Waals surface area (Å²) in [5.41, 5.74) is 0. The molecule has 8 nitrogen and oxygen atoms in total. The number of halogens is 4. The second-order valence-corrected chi connectivity index (χ2v) is 0.756. The molecular formula is Cl4FeNaO8. The molecule has 0 atom stereocenters. The Morgan fingerprint density at radius 1 is 0.429 bits per heavy atom. The third-order valence-electron chi connectivity index (χ3n) is 0. The van der Waals surface area contributed by atoms with Crippen LogP contribution in [0.1, 0.15) is 0 Å². The Bertz CT molecular complexity index is 29.3. The van der Waals surface area contributed by atoms with Crippen molar-refractivity contribution in [2.75, 3.05) is 0 Å². The number of hydrogen-bond acceptors (Lipinski definition) is 8. The van der Waals surface area contributed by atoms with E-state index in [4.69, 9.17) is 37.3 Å². The minimum atomic E-state index is -0.417. The summed E-state index contributed by atoms with van der Waals surface area (Å²) in [4.78, 5) is 0. The maximum atomic E-state index is 8.24. The van der Waals surface area contributed by atoms with Gasteiger partial charge in [0.25, 0.3) is 0 Å². The van der Waals surface area contributed by atoms with Crippen LogP contribution in [0, 0.1) is 45.3 Å². The third-order valence-corrected chi connectivity index (χ3v) is 0. The minimum Gasteiger partial charge on any atom is -0.544 e. The zero-order chi connectivity index (χ0) is 10.8. The Balaban J connectivity index is -0.0000000145. The van der Waals surface area contributed by atoms with Gasteiger partial charge in [0.1, 0.15) is 0 Å². The van der Waals surface area contributed by atoms with Gasteiger partial charge < -0.3 is 37.3 Å². The summed E-state index contributed by atoms with van der Waals surface area (Å²) in [5, 5.41) is 0. The third kappa shape index (κ3) is 460. The van der Waals surface area contributed by atoms with Gasteiger partial charge in [-0.3, -0.25) is 0 Å². The van der Waals surface area contributed by atoms with E-state index >= 15 is 0 Å². The Labute approximate surface area is 128 Å². The second kappa shape index (κ2) is 78.3. The van der Waals surface area contributed by atoms with E-state index in [2.05, 4.69) is 0 Å². The van der Waals surface area contributed by atoms with E-state index in [1.54, 1.807) is 0 Å². The molecule has 0 aliphatic carbocycles. The van der Waals surface area contributed by atoms with E-state index in [0.29, 0.717) is 0 Å². The van der Waals surface area contributed by atoms with E-state index in [-0.39, 0.29) is 46.6 Å². The fourth-order valence-electron chi connectivity index (χ4n) is 0.